The molecule has 1 aromatic heterocycles. The molecule has 3 rings (SSSR count). The third-order valence-corrected chi connectivity index (χ3v) is 5.30. The number of nitrogens with one attached hydrogen (secondary N) is 1. The third-order valence-electron chi connectivity index (χ3n) is 3.90. The summed E-state index contributed by atoms with van der Waals surface area (Å²) >= 11 is 0. The van der Waals surface area contributed by atoms with E-state index >= 15 is 0 Å². The highest BCUT2D eigenvalue weighted by atomic mass is 32.2. The predicted octanol–water partition coefficient (Wildman–Crippen LogP) is 2.64. The van der Waals surface area contributed by atoms with Crippen LogP contribution in [0.1, 0.15) is 5.69 Å². The number of ether oxygens (including phenoxy) is 2. The number of methoxy groups -OCH3 is 2. The lowest BCUT2D eigenvalue weighted by Crippen LogP contribution is -2.23. The van der Waals surface area contributed by atoms with Crippen LogP contribution < -0.4 is 14.2 Å². The van der Waals surface area contributed by atoms with Crippen LogP contribution in [0.4, 0.5) is 0 Å². The first-order valence-electron chi connectivity index (χ1n) is 8.11. The van der Waals surface area contributed by atoms with E-state index in [9.17, 15) is 8.42 Å². The van der Waals surface area contributed by atoms with E-state index < -0.39 is 10.0 Å². The van der Waals surface area contributed by atoms with E-state index in [4.69, 9.17) is 9.47 Å². The molecule has 0 fully saturated rings. The molecule has 3 aromatic rings. The van der Waals surface area contributed by atoms with Crippen LogP contribution >= 0.6 is 0 Å². The molecular formula is C19H19N3O4S. The molecule has 0 aliphatic heterocycles. The number of benzene rings is 2. The second kappa shape index (κ2) is 8.15. The zero-order chi connectivity index (χ0) is 19.3. The van der Waals surface area contributed by atoms with Crippen molar-refractivity contribution in [3.8, 4) is 22.8 Å². The smallest absolute Gasteiger partial charge is 0.241 e. The van der Waals surface area contributed by atoms with Gasteiger partial charge < -0.3 is 9.47 Å². The Morgan fingerprint density at radius 1 is 0.926 bits per heavy atom. The van der Waals surface area contributed by atoms with Crippen LogP contribution in [0.5, 0.6) is 11.5 Å². The Hall–Kier alpha value is -2.97. The first-order valence-corrected chi connectivity index (χ1v) is 9.60. The number of hydrogen-bond acceptors (Lipinski definition) is 6. The molecule has 0 spiro atoms. The van der Waals surface area contributed by atoms with Crippen LogP contribution in [0.2, 0.25) is 0 Å². The summed E-state index contributed by atoms with van der Waals surface area (Å²) in [7, 11) is -0.798. The number of sulfonamides is 1. The minimum absolute atomic E-state index is 0.0407. The molecule has 1 N–H and O–H groups in total. The molecule has 140 valence electrons. The topological polar surface area (TPSA) is 90.4 Å². The van der Waals surface area contributed by atoms with E-state index in [1.807, 2.05) is 30.3 Å². The fourth-order valence-corrected chi connectivity index (χ4v) is 3.51. The first kappa shape index (κ1) is 18.8. The molecule has 8 heteroatoms. The van der Waals surface area contributed by atoms with Crippen molar-refractivity contribution in [2.75, 3.05) is 14.2 Å². The van der Waals surface area contributed by atoms with Crippen molar-refractivity contribution < 1.29 is 17.9 Å². The lowest BCUT2D eigenvalue weighted by molar-refractivity contribution is 0.354. The summed E-state index contributed by atoms with van der Waals surface area (Å²) in [5.41, 5.74) is 2.22. The van der Waals surface area contributed by atoms with Crippen molar-refractivity contribution in [3.05, 3.63) is 66.6 Å². The Morgan fingerprint density at radius 3 is 2.37 bits per heavy atom. The Kier molecular flexibility index (Phi) is 5.68. The average Bonchev–Trinajstić information content (AvgIpc) is 2.72. The van der Waals surface area contributed by atoms with Crippen LogP contribution in [0.3, 0.4) is 0 Å². The summed E-state index contributed by atoms with van der Waals surface area (Å²) in [6.45, 7) is 0.0407. The minimum atomic E-state index is -3.74. The quantitative estimate of drug-likeness (QED) is 0.672. The lowest BCUT2D eigenvalue weighted by atomic mass is 10.1. The second-order valence-corrected chi connectivity index (χ2v) is 7.37. The molecule has 27 heavy (non-hydrogen) atoms. The van der Waals surface area contributed by atoms with Crippen molar-refractivity contribution in [2.24, 2.45) is 0 Å². The van der Waals surface area contributed by atoms with Gasteiger partial charge in [-0.1, -0.05) is 30.3 Å². The SMILES string of the molecule is COc1ccc(S(=O)(=O)NCc2cc(-c3ccccc3)ncn2)cc1OC. The molecule has 0 amide bonds. The molecule has 0 radical (unpaired) electrons. The van der Waals surface area contributed by atoms with Crippen LogP contribution in [0.15, 0.2) is 65.8 Å². The fraction of sp³-hybridized carbons (Fsp3) is 0.158. The molecule has 0 aliphatic carbocycles. The van der Waals surface area contributed by atoms with E-state index in [0.29, 0.717) is 17.2 Å². The molecule has 2 aromatic carbocycles. The predicted molar refractivity (Wildman–Crippen MR) is 101 cm³/mol. The van der Waals surface area contributed by atoms with Crippen LogP contribution in [-0.4, -0.2) is 32.6 Å². The maximum Gasteiger partial charge on any atom is 0.241 e. The van der Waals surface area contributed by atoms with Gasteiger partial charge in [-0.2, -0.15) is 0 Å². The van der Waals surface area contributed by atoms with Crippen molar-refractivity contribution in [1.29, 1.82) is 0 Å². The zero-order valence-electron chi connectivity index (χ0n) is 14.9. The Bertz CT molecular complexity index is 1020. The monoisotopic (exact) mass is 385 g/mol. The van der Waals surface area contributed by atoms with Gasteiger partial charge >= 0.3 is 0 Å². The number of rotatable bonds is 7. The normalized spacial score (nSPS) is 11.2. The van der Waals surface area contributed by atoms with Crippen LogP contribution in [0, 0.1) is 0 Å². The Labute approximate surface area is 158 Å². The number of aromatic nitrogens is 2. The highest BCUT2D eigenvalue weighted by Gasteiger charge is 2.17. The zero-order valence-corrected chi connectivity index (χ0v) is 15.7. The molecule has 0 unspecified atom stereocenters. The van der Waals surface area contributed by atoms with Crippen molar-refractivity contribution in [3.63, 3.8) is 0 Å². The van der Waals surface area contributed by atoms with E-state index in [1.54, 1.807) is 12.1 Å². The third kappa shape index (κ3) is 4.42. The van der Waals surface area contributed by atoms with Crippen molar-refractivity contribution in [1.82, 2.24) is 14.7 Å². The number of hydrogen-bond donors (Lipinski definition) is 1. The van der Waals surface area contributed by atoms with Crippen molar-refractivity contribution in [2.45, 2.75) is 11.4 Å². The van der Waals surface area contributed by atoms with Gasteiger partial charge in [0.1, 0.15) is 6.33 Å². The molecule has 0 atom stereocenters. The summed E-state index contributed by atoms with van der Waals surface area (Å²) < 4.78 is 38.0. The van der Waals surface area contributed by atoms with E-state index in [0.717, 1.165) is 11.3 Å². The van der Waals surface area contributed by atoms with Gasteiger partial charge in [-0.05, 0) is 18.2 Å². The Morgan fingerprint density at radius 2 is 1.67 bits per heavy atom. The molecule has 1 heterocycles. The molecule has 0 bridgehead atoms. The fourth-order valence-electron chi connectivity index (χ4n) is 2.50. The number of nitrogens with zero attached hydrogens (tertiary/aromatic N) is 2. The summed E-state index contributed by atoms with van der Waals surface area (Å²) in [5, 5.41) is 0. The summed E-state index contributed by atoms with van der Waals surface area (Å²) in [5.74, 6) is 0.800. The maximum absolute atomic E-state index is 12.6. The molecule has 7 nitrogen and oxygen atoms in total. The Balaban J connectivity index is 1.78. The minimum Gasteiger partial charge on any atom is -0.493 e. The van der Waals surface area contributed by atoms with Gasteiger partial charge in [-0.3, -0.25) is 0 Å². The lowest BCUT2D eigenvalue weighted by Gasteiger charge is -2.11. The highest BCUT2D eigenvalue weighted by molar-refractivity contribution is 7.89. The van der Waals surface area contributed by atoms with E-state index in [-0.39, 0.29) is 11.4 Å². The van der Waals surface area contributed by atoms with Gasteiger partial charge in [0.25, 0.3) is 0 Å². The van der Waals surface area contributed by atoms with Gasteiger partial charge in [-0.15, -0.1) is 0 Å². The summed E-state index contributed by atoms with van der Waals surface area (Å²) in [6.07, 6.45) is 1.42. The van der Waals surface area contributed by atoms with Crippen LogP contribution in [-0.2, 0) is 16.6 Å². The van der Waals surface area contributed by atoms with Crippen LogP contribution in [0.25, 0.3) is 11.3 Å². The molecule has 0 saturated carbocycles. The van der Waals surface area contributed by atoms with Gasteiger partial charge in [0.2, 0.25) is 10.0 Å². The summed E-state index contributed by atoms with van der Waals surface area (Å²) in [6, 6.07) is 15.8. The van der Waals surface area contributed by atoms with Gasteiger partial charge in [0.15, 0.2) is 11.5 Å². The summed E-state index contributed by atoms with van der Waals surface area (Å²) in [4.78, 5) is 8.46. The largest absolute Gasteiger partial charge is 0.493 e. The first-order chi connectivity index (χ1) is 13.0. The van der Waals surface area contributed by atoms with Crippen molar-refractivity contribution >= 4 is 10.0 Å². The second-order valence-electron chi connectivity index (χ2n) is 5.60. The van der Waals surface area contributed by atoms with E-state index in [1.165, 1.54) is 32.7 Å². The van der Waals surface area contributed by atoms with Gasteiger partial charge in [0.05, 0.1) is 37.0 Å². The average molecular weight is 385 g/mol. The molecule has 0 saturated heterocycles. The van der Waals surface area contributed by atoms with E-state index in [2.05, 4.69) is 14.7 Å². The highest BCUT2D eigenvalue weighted by Crippen LogP contribution is 2.29. The van der Waals surface area contributed by atoms with Gasteiger partial charge in [-0.25, -0.2) is 23.1 Å². The molecular weight excluding hydrogens is 366 g/mol. The van der Waals surface area contributed by atoms with Gasteiger partial charge in [0, 0.05) is 11.6 Å². The maximum atomic E-state index is 12.6. The standard InChI is InChI=1S/C19H19N3O4S/c1-25-18-9-8-16(11-19(18)26-2)27(23,24)22-12-15-10-17(21-13-20-15)14-6-4-3-5-7-14/h3-11,13,22H,12H2,1-2H3. The molecule has 0 aliphatic rings.